The van der Waals surface area contributed by atoms with Crippen LogP contribution in [0.1, 0.15) is 59.4 Å². The van der Waals surface area contributed by atoms with E-state index in [1.807, 2.05) is 0 Å². The highest BCUT2D eigenvalue weighted by atomic mass is 16.6. The number of carboxylic acid groups (broad SMARTS) is 1. The lowest BCUT2D eigenvalue weighted by molar-refractivity contribution is -0.160. The van der Waals surface area contributed by atoms with Crippen molar-refractivity contribution in [3.8, 4) is 0 Å². The number of nitrogens with one attached hydrogen (secondary N) is 2. The van der Waals surface area contributed by atoms with Crippen LogP contribution in [0.15, 0.2) is 64.6 Å². The molecular formula is C37H44N2O11. The number of carbonyl (C=O) groups excluding carboxylic acids is 5. The predicted octanol–water partition coefficient (Wildman–Crippen LogP) is 2.89. The van der Waals surface area contributed by atoms with E-state index in [-0.39, 0.29) is 48.4 Å². The number of carboxylic acids is 1. The number of hydrogen-bond acceptors (Lipinski definition) is 11. The van der Waals surface area contributed by atoms with Crippen molar-refractivity contribution in [3.63, 3.8) is 0 Å². The van der Waals surface area contributed by atoms with Crippen LogP contribution in [0.4, 0.5) is 0 Å². The summed E-state index contributed by atoms with van der Waals surface area (Å²) in [5, 5.41) is 27.0. The highest BCUT2D eigenvalue weighted by molar-refractivity contribution is 6.14. The Hall–Kier alpha value is -4.78. The van der Waals surface area contributed by atoms with Crippen molar-refractivity contribution >= 4 is 35.4 Å². The molecule has 7 atom stereocenters. The van der Waals surface area contributed by atoms with E-state index in [4.69, 9.17) is 14.2 Å². The number of benzene rings is 1. The molecule has 0 radical (unpaired) electrons. The SMILES string of the molecule is COC[C@@H]1OC(=O)/C(=C/N[C@H](Cc2ccccc2)C(=O)N[C@H](C(=O)O)C(C)C)C2=C(O)C(=O)C3=C([C@H](OC(C)=O)C[C@]4(C)C(=O)CC[C@@H]34)[C@]21C. The minimum atomic E-state index is -1.47. The number of rotatable bonds is 11. The van der Waals surface area contributed by atoms with Crippen molar-refractivity contribution in [3.05, 3.63) is 70.1 Å². The summed E-state index contributed by atoms with van der Waals surface area (Å²) in [5.41, 5.74) is -1.60. The number of carbonyl (C=O) groups is 6. The summed E-state index contributed by atoms with van der Waals surface area (Å²) >= 11 is 0. The minimum Gasteiger partial charge on any atom is -0.504 e. The molecule has 1 aliphatic heterocycles. The normalized spacial score (nSPS) is 29.5. The third-order valence-electron chi connectivity index (χ3n) is 10.7. The highest BCUT2D eigenvalue weighted by Crippen LogP contribution is 2.62. The summed E-state index contributed by atoms with van der Waals surface area (Å²) in [6, 6.07) is 6.64. The van der Waals surface area contributed by atoms with Crippen molar-refractivity contribution in [1.29, 1.82) is 0 Å². The fraction of sp³-hybridized carbons (Fsp3) is 0.514. The summed E-state index contributed by atoms with van der Waals surface area (Å²) in [6.45, 7) is 7.81. The second-order valence-electron chi connectivity index (χ2n) is 14.2. The van der Waals surface area contributed by atoms with E-state index in [2.05, 4.69) is 10.6 Å². The standard InChI is InChI=1S/C37H44N2O11/c1-18(2)30(34(45)46)39-33(44)23(14-20-10-8-7-9-11-20)38-16-21-28-32(43)31(42)27-22-12-13-25(41)36(22,4)15-24(49-19(3)40)29(27)37(28,5)26(17-48-6)50-35(21)47/h7-11,16,18,22-24,26,30,38,43H,12-15,17H2,1-6H3,(H,39,44)(H,45,46)/b21-16+/t22-,23+,24+,26-,30-,36-,37-/m0/s1. The van der Waals surface area contributed by atoms with Gasteiger partial charge in [-0.1, -0.05) is 51.1 Å². The first-order valence-electron chi connectivity index (χ1n) is 16.7. The Kier molecular flexibility index (Phi) is 10.1. The molecule has 4 N–H and O–H groups in total. The molecule has 4 aliphatic rings. The quantitative estimate of drug-likeness (QED) is 0.196. The van der Waals surface area contributed by atoms with Crippen molar-refractivity contribution < 1.29 is 53.2 Å². The van der Waals surface area contributed by atoms with Crippen LogP contribution in [-0.2, 0) is 49.4 Å². The van der Waals surface area contributed by atoms with E-state index in [1.165, 1.54) is 20.2 Å². The van der Waals surface area contributed by atoms with Crippen LogP contribution in [0.3, 0.4) is 0 Å². The Bertz CT molecular complexity index is 1710. The molecule has 50 heavy (non-hydrogen) atoms. The van der Waals surface area contributed by atoms with Gasteiger partial charge in [0.05, 0.1) is 17.6 Å². The molecule has 1 amide bonds. The number of Topliss-reactive ketones (excluding diaryl/α,β-unsaturated/α-hetero) is 2. The molecule has 1 aromatic rings. The van der Waals surface area contributed by atoms with Gasteiger partial charge in [0, 0.05) is 62.0 Å². The van der Waals surface area contributed by atoms with E-state index in [1.54, 1.807) is 58.0 Å². The molecule has 0 spiro atoms. The van der Waals surface area contributed by atoms with E-state index in [0.717, 1.165) is 5.56 Å². The number of aliphatic hydroxyl groups is 1. The van der Waals surface area contributed by atoms with Crippen LogP contribution in [0, 0.1) is 22.7 Å². The largest absolute Gasteiger partial charge is 0.504 e. The van der Waals surface area contributed by atoms with Crippen LogP contribution in [0.2, 0.25) is 0 Å². The highest BCUT2D eigenvalue weighted by Gasteiger charge is 2.64. The maximum Gasteiger partial charge on any atom is 0.340 e. The van der Waals surface area contributed by atoms with E-state index < -0.39 is 82.3 Å². The molecule has 13 heteroatoms. The van der Waals surface area contributed by atoms with Gasteiger partial charge in [-0.2, -0.15) is 0 Å². The second-order valence-corrected chi connectivity index (χ2v) is 14.2. The Morgan fingerprint density at radius 3 is 2.40 bits per heavy atom. The van der Waals surface area contributed by atoms with Gasteiger partial charge in [0.15, 0.2) is 5.76 Å². The van der Waals surface area contributed by atoms with Gasteiger partial charge in [0.2, 0.25) is 11.7 Å². The summed E-state index contributed by atoms with van der Waals surface area (Å²) in [7, 11) is 1.40. The molecule has 5 rings (SSSR count). The molecule has 0 bridgehead atoms. The van der Waals surface area contributed by atoms with Gasteiger partial charge >= 0.3 is 17.9 Å². The zero-order valence-corrected chi connectivity index (χ0v) is 29.0. The zero-order chi connectivity index (χ0) is 36.7. The first-order valence-corrected chi connectivity index (χ1v) is 16.7. The first kappa shape index (κ1) is 36.5. The monoisotopic (exact) mass is 692 g/mol. The number of amides is 1. The van der Waals surface area contributed by atoms with Gasteiger partial charge in [-0.25, -0.2) is 9.59 Å². The number of allylic oxidation sites excluding steroid dienone is 1. The number of hydrogen-bond donors (Lipinski definition) is 4. The first-order chi connectivity index (χ1) is 23.6. The lowest BCUT2D eigenvalue weighted by Gasteiger charge is -2.53. The number of fused-ring (bicyclic) bond motifs is 4. The van der Waals surface area contributed by atoms with Crippen molar-refractivity contribution in [2.45, 2.75) is 84.6 Å². The lowest BCUT2D eigenvalue weighted by atomic mass is 9.53. The smallest absolute Gasteiger partial charge is 0.340 e. The van der Waals surface area contributed by atoms with E-state index >= 15 is 0 Å². The molecule has 1 saturated heterocycles. The molecular weight excluding hydrogens is 648 g/mol. The Balaban J connectivity index is 1.64. The van der Waals surface area contributed by atoms with Gasteiger partial charge in [0.25, 0.3) is 0 Å². The Labute approximate surface area is 290 Å². The van der Waals surface area contributed by atoms with E-state index in [9.17, 15) is 39.0 Å². The molecule has 1 heterocycles. The topological polar surface area (TPSA) is 195 Å². The number of ether oxygens (including phenoxy) is 3. The molecule has 1 saturated carbocycles. The molecule has 0 unspecified atom stereocenters. The Morgan fingerprint density at radius 1 is 1.12 bits per heavy atom. The summed E-state index contributed by atoms with van der Waals surface area (Å²) in [6.07, 6.45) is -0.208. The fourth-order valence-corrected chi connectivity index (χ4v) is 8.12. The number of methoxy groups -OCH3 is 1. The van der Waals surface area contributed by atoms with Crippen LogP contribution in [0.25, 0.3) is 0 Å². The number of aliphatic carboxylic acids is 1. The van der Waals surface area contributed by atoms with Gasteiger partial charge in [-0.3, -0.25) is 19.2 Å². The molecule has 13 nitrogen and oxygen atoms in total. The van der Waals surface area contributed by atoms with Crippen LogP contribution < -0.4 is 10.6 Å². The summed E-state index contributed by atoms with van der Waals surface area (Å²) in [5.74, 6) is -6.02. The molecule has 1 aromatic carbocycles. The third-order valence-corrected chi connectivity index (χ3v) is 10.7. The van der Waals surface area contributed by atoms with Crippen LogP contribution in [-0.4, -0.2) is 83.6 Å². The summed E-state index contributed by atoms with van der Waals surface area (Å²) in [4.78, 5) is 79.2. The Morgan fingerprint density at radius 2 is 1.80 bits per heavy atom. The number of cyclic esters (lactones) is 1. The van der Waals surface area contributed by atoms with Crippen LogP contribution >= 0.6 is 0 Å². The van der Waals surface area contributed by atoms with Gasteiger partial charge in [-0.15, -0.1) is 0 Å². The van der Waals surface area contributed by atoms with Gasteiger partial charge in [-0.05, 0) is 30.4 Å². The average Bonchev–Trinajstić information content (AvgIpc) is 3.34. The van der Waals surface area contributed by atoms with Crippen LogP contribution in [0.5, 0.6) is 0 Å². The maximum atomic E-state index is 14.3. The average molecular weight is 693 g/mol. The summed E-state index contributed by atoms with van der Waals surface area (Å²) < 4.78 is 17.2. The molecule has 2 fully saturated rings. The number of aliphatic hydroxyl groups excluding tert-OH is 1. The van der Waals surface area contributed by atoms with Crippen molar-refractivity contribution in [2.24, 2.45) is 22.7 Å². The number of ketones is 2. The maximum absolute atomic E-state index is 14.3. The zero-order valence-electron chi connectivity index (χ0n) is 29.0. The van der Waals surface area contributed by atoms with Gasteiger partial charge in [0.1, 0.15) is 30.1 Å². The molecule has 0 aromatic heterocycles. The third kappa shape index (κ3) is 6.23. The second kappa shape index (κ2) is 13.9. The fourth-order valence-electron chi connectivity index (χ4n) is 8.12. The molecule has 3 aliphatic carbocycles. The lowest BCUT2D eigenvalue weighted by Crippen LogP contribution is -2.57. The predicted molar refractivity (Wildman–Crippen MR) is 177 cm³/mol. The van der Waals surface area contributed by atoms with Crippen molar-refractivity contribution in [2.75, 3.05) is 13.7 Å². The number of esters is 2. The van der Waals surface area contributed by atoms with E-state index in [0.29, 0.717) is 12.0 Å². The minimum absolute atomic E-state index is 0.0722. The van der Waals surface area contributed by atoms with Gasteiger partial charge < -0.3 is 35.1 Å². The van der Waals surface area contributed by atoms with Crippen molar-refractivity contribution in [1.82, 2.24) is 10.6 Å². The molecule has 268 valence electrons.